The number of hydrogen-bond acceptors (Lipinski definition) is 3. The Labute approximate surface area is 154 Å². The molecule has 6 heteroatoms. The Morgan fingerprint density at radius 2 is 1.92 bits per heavy atom. The fraction of sp³-hybridized carbons (Fsp3) is 0.350. The molecule has 4 rings (SSSR count). The molecule has 1 amide bonds. The van der Waals surface area contributed by atoms with Crippen molar-refractivity contribution in [2.24, 2.45) is 0 Å². The van der Waals surface area contributed by atoms with Gasteiger partial charge in [0.2, 0.25) is 15.9 Å². The number of nitrogens with one attached hydrogen (secondary N) is 1. The molecule has 1 atom stereocenters. The zero-order valence-corrected chi connectivity index (χ0v) is 15.6. The smallest absolute Gasteiger partial charge is 0.241 e. The highest BCUT2D eigenvalue weighted by Gasteiger charge is 2.28. The topological polar surface area (TPSA) is 66.5 Å². The number of fused-ring (bicyclic) bond motifs is 2. The Bertz CT molecular complexity index is 969. The van der Waals surface area contributed by atoms with E-state index in [9.17, 15) is 13.2 Å². The number of anilines is 1. The minimum absolute atomic E-state index is 0.0173. The number of carbonyl (C=O) groups excluding carboxylic acids is 1. The summed E-state index contributed by atoms with van der Waals surface area (Å²) in [7, 11) is -3.62. The van der Waals surface area contributed by atoms with Crippen molar-refractivity contribution in [1.82, 2.24) is 4.72 Å². The first-order valence-electron chi connectivity index (χ1n) is 8.97. The van der Waals surface area contributed by atoms with Gasteiger partial charge in [-0.25, -0.2) is 13.1 Å². The molecule has 0 spiro atoms. The lowest BCUT2D eigenvalue weighted by Crippen LogP contribution is -2.31. The highest BCUT2D eigenvalue weighted by atomic mass is 32.2. The van der Waals surface area contributed by atoms with E-state index in [-0.39, 0.29) is 16.8 Å². The maximum Gasteiger partial charge on any atom is 0.241 e. The van der Waals surface area contributed by atoms with E-state index in [1.807, 2.05) is 18.2 Å². The van der Waals surface area contributed by atoms with Gasteiger partial charge in [-0.05, 0) is 60.6 Å². The molecule has 1 aliphatic heterocycles. The third-order valence-corrected chi connectivity index (χ3v) is 6.77. The minimum Gasteiger partial charge on any atom is -0.312 e. The Balaban J connectivity index is 1.62. The summed E-state index contributed by atoms with van der Waals surface area (Å²) < 4.78 is 28.8. The van der Waals surface area contributed by atoms with Crippen LogP contribution >= 0.6 is 0 Å². The Morgan fingerprint density at radius 3 is 2.73 bits per heavy atom. The lowest BCUT2D eigenvalue weighted by molar-refractivity contribution is -0.116. The predicted octanol–water partition coefficient (Wildman–Crippen LogP) is 2.95. The van der Waals surface area contributed by atoms with E-state index >= 15 is 0 Å². The zero-order chi connectivity index (χ0) is 18.3. The molecule has 0 bridgehead atoms. The van der Waals surface area contributed by atoms with Gasteiger partial charge in [0.1, 0.15) is 0 Å². The van der Waals surface area contributed by atoms with Crippen LogP contribution in [0.2, 0.25) is 0 Å². The Morgan fingerprint density at radius 1 is 1.12 bits per heavy atom. The SMILES string of the molecule is CC(=O)N1CCc2cc(S(=O)(=O)N[C@H]3CCCc4ccccc43)ccc21. The van der Waals surface area contributed by atoms with E-state index in [0.29, 0.717) is 13.0 Å². The van der Waals surface area contributed by atoms with Crippen LogP contribution in [-0.4, -0.2) is 20.9 Å². The molecule has 0 aromatic heterocycles. The molecule has 0 radical (unpaired) electrons. The van der Waals surface area contributed by atoms with Gasteiger partial charge in [0, 0.05) is 25.2 Å². The van der Waals surface area contributed by atoms with Crippen LogP contribution in [0.4, 0.5) is 5.69 Å². The molecule has 0 fully saturated rings. The second kappa shape index (κ2) is 6.52. The maximum absolute atomic E-state index is 12.9. The van der Waals surface area contributed by atoms with Crippen molar-refractivity contribution < 1.29 is 13.2 Å². The highest BCUT2D eigenvalue weighted by Crippen LogP contribution is 2.33. The number of amides is 1. The summed E-state index contributed by atoms with van der Waals surface area (Å²) in [4.78, 5) is 13.6. The molecule has 1 heterocycles. The number of aryl methyl sites for hydroxylation is 1. The highest BCUT2D eigenvalue weighted by molar-refractivity contribution is 7.89. The summed E-state index contributed by atoms with van der Waals surface area (Å²) in [5.41, 5.74) is 4.02. The fourth-order valence-corrected chi connectivity index (χ4v) is 5.30. The van der Waals surface area contributed by atoms with Gasteiger partial charge in [-0.3, -0.25) is 4.79 Å². The van der Waals surface area contributed by atoms with Crippen LogP contribution in [0, 0.1) is 0 Å². The van der Waals surface area contributed by atoms with E-state index in [1.165, 1.54) is 12.5 Å². The molecular formula is C20H22N2O3S. The molecular weight excluding hydrogens is 348 g/mol. The molecule has 26 heavy (non-hydrogen) atoms. The van der Waals surface area contributed by atoms with Crippen molar-refractivity contribution in [3.8, 4) is 0 Å². The lowest BCUT2D eigenvalue weighted by atomic mass is 9.88. The summed E-state index contributed by atoms with van der Waals surface area (Å²) in [6, 6.07) is 12.9. The summed E-state index contributed by atoms with van der Waals surface area (Å²) in [5.74, 6) is -0.0173. The number of rotatable bonds is 3. The molecule has 0 unspecified atom stereocenters. The number of carbonyl (C=O) groups is 1. The summed E-state index contributed by atoms with van der Waals surface area (Å²) in [6.45, 7) is 2.14. The second-order valence-electron chi connectivity index (χ2n) is 6.98. The first-order chi connectivity index (χ1) is 12.5. The monoisotopic (exact) mass is 370 g/mol. The number of benzene rings is 2. The van der Waals surface area contributed by atoms with E-state index < -0.39 is 10.0 Å². The second-order valence-corrected chi connectivity index (χ2v) is 8.69. The van der Waals surface area contributed by atoms with E-state index in [0.717, 1.165) is 36.1 Å². The first kappa shape index (κ1) is 17.2. The molecule has 0 saturated carbocycles. The molecule has 2 aromatic carbocycles. The van der Waals surface area contributed by atoms with Crippen LogP contribution in [-0.2, 0) is 27.7 Å². The van der Waals surface area contributed by atoms with Gasteiger partial charge in [0.25, 0.3) is 0 Å². The third kappa shape index (κ3) is 3.04. The number of hydrogen-bond donors (Lipinski definition) is 1. The van der Waals surface area contributed by atoms with Gasteiger partial charge in [-0.2, -0.15) is 0 Å². The fourth-order valence-electron chi connectivity index (χ4n) is 4.00. The molecule has 2 aromatic rings. The van der Waals surface area contributed by atoms with E-state index in [2.05, 4.69) is 10.8 Å². The standard InChI is InChI=1S/C20H22N2O3S/c1-14(23)22-12-11-16-13-17(9-10-20(16)22)26(24,25)21-19-8-4-6-15-5-2-3-7-18(15)19/h2-3,5,7,9-10,13,19,21H,4,6,8,11-12H2,1H3/t19-/m0/s1. The molecule has 1 N–H and O–H groups in total. The van der Waals surface area contributed by atoms with Crippen LogP contribution in [0.1, 0.15) is 42.5 Å². The van der Waals surface area contributed by atoms with Crippen molar-refractivity contribution in [3.63, 3.8) is 0 Å². The summed E-state index contributed by atoms with van der Waals surface area (Å²) in [6.07, 6.45) is 3.46. The average molecular weight is 370 g/mol. The maximum atomic E-state index is 12.9. The van der Waals surface area contributed by atoms with Crippen LogP contribution in [0.5, 0.6) is 0 Å². The third-order valence-electron chi connectivity index (χ3n) is 5.30. The number of nitrogens with zero attached hydrogens (tertiary/aromatic N) is 1. The molecule has 1 aliphatic carbocycles. The Kier molecular flexibility index (Phi) is 4.32. The predicted molar refractivity (Wildman–Crippen MR) is 101 cm³/mol. The summed E-state index contributed by atoms with van der Waals surface area (Å²) in [5, 5.41) is 0. The van der Waals surface area contributed by atoms with Crippen molar-refractivity contribution in [1.29, 1.82) is 0 Å². The Hall–Kier alpha value is -2.18. The van der Waals surface area contributed by atoms with Gasteiger partial charge in [0.05, 0.1) is 4.90 Å². The summed E-state index contributed by atoms with van der Waals surface area (Å²) >= 11 is 0. The van der Waals surface area contributed by atoms with Crippen LogP contribution in [0.25, 0.3) is 0 Å². The van der Waals surface area contributed by atoms with E-state index in [1.54, 1.807) is 23.1 Å². The average Bonchev–Trinajstić information content (AvgIpc) is 3.05. The van der Waals surface area contributed by atoms with Crippen LogP contribution < -0.4 is 9.62 Å². The van der Waals surface area contributed by atoms with E-state index in [4.69, 9.17) is 0 Å². The minimum atomic E-state index is -3.62. The molecule has 136 valence electrons. The molecule has 5 nitrogen and oxygen atoms in total. The zero-order valence-electron chi connectivity index (χ0n) is 14.7. The van der Waals surface area contributed by atoms with Crippen molar-refractivity contribution >= 4 is 21.6 Å². The molecule has 2 aliphatic rings. The first-order valence-corrected chi connectivity index (χ1v) is 10.5. The molecule has 0 saturated heterocycles. The quantitative estimate of drug-likeness (QED) is 0.903. The van der Waals surface area contributed by atoms with Crippen molar-refractivity contribution in [3.05, 3.63) is 59.2 Å². The van der Waals surface area contributed by atoms with Crippen molar-refractivity contribution in [2.75, 3.05) is 11.4 Å². The van der Waals surface area contributed by atoms with Gasteiger partial charge in [-0.1, -0.05) is 24.3 Å². The van der Waals surface area contributed by atoms with Crippen molar-refractivity contribution in [2.45, 2.75) is 43.5 Å². The van der Waals surface area contributed by atoms with Gasteiger partial charge in [-0.15, -0.1) is 0 Å². The van der Waals surface area contributed by atoms with Crippen LogP contribution in [0.15, 0.2) is 47.4 Å². The van der Waals surface area contributed by atoms with Gasteiger partial charge >= 0.3 is 0 Å². The number of sulfonamides is 1. The normalized spacial score (nSPS) is 19.1. The lowest BCUT2D eigenvalue weighted by Gasteiger charge is -2.26. The largest absolute Gasteiger partial charge is 0.312 e. The van der Waals surface area contributed by atoms with Gasteiger partial charge in [0.15, 0.2) is 0 Å². The van der Waals surface area contributed by atoms with Crippen LogP contribution in [0.3, 0.4) is 0 Å². The van der Waals surface area contributed by atoms with Gasteiger partial charge < -0.3 is 4.90 Å².